The van der Waals surface area contributed by atoms with Crippen molar-refractivity contribution in [3.63, 3.8) is 0 Å². The average Bonchev–Trinajstić information content (AvgIpc) is 2.50. The largest absolute Gasteiger partial charge is 0.438 e. The van der Waals surface area contributed by atoms with Crippen LogP contribution in [-0.4, -0.2) is 22.3 Å². The predicted octanol–water partition coefficient (Wildman–Crippen LogP) is 2.12. The molecule has 4 nitrogen and oxygen atoms in total. The van der Waals surface area contributed by atoms with Gasteiger partial charge in [0.2, 0.25) is 5.76 Å². The van der Waals surface area contributed by atoms with Crippen LogP contribution in [0.2, 0.25) is 0 Å². The van der Waals surface area contributed by atoms with Gasteiger partial charge in [0, 0.05) is 11.4 Å². The van der Waals surface area contributed by atoms with Crippen LogP contribution < -0.4 is 5.32 Å². The van der Waals surface area contributed by atoms with E-state index in [1.165, 1.54) is 6.39 Å². The summed E-state index contributed by atoms with van der Waals surface area (Å²) in [4.78, 5) is 15.6. The highest BCUT2D eigenvalue weighted by molar-refractivity contribution is 6.17. The van der Waals surface area contributed by atoms with E-state index in [2.05, 4.69) is 10.3 Å². The molecule has 1 aromatic heterocycles. The number of hydrogen-bond donors (Lipinski definition) is 1. The Labute approximate surface area is 94.0 Å². The average molecular weight is 231 g/mol. The van der Waals surface area contributed by atoms with Crippen LogP contribution in [0.15, 0.2) is 10.8 Å². The Bertz CT molecular complexity index is 347. The molecule has 0 aromatic carbocycles. The second-order valence-electron chi connectivity index (χ2n) is 4.04. The van der Waals surface area contributed by atoms with Gasteiger partial charge in [-0.3, -0.25) is 4.79 Å². The molecule has 1 aromatic rings. The summed E-state index contributed by atoms with van der Waals surface area (Å²) in [5, 5.41) is 2.84. The van der Waals surface area contributed by atoms with E-state index in [0.29, 0.717) is 18.0 Å². The van der Waals surface area contributed by atoms with Crippen LogP contribution in [0.25, 0.3) is 0 Å². The monoisotopic (exact) mass is 230 g/mol. The highest BCUT2D eigenvalue weighted by Gasteiger charge is 2.23. The first kappa shape index (κ1) is 12.0. The number of aryl methyl sites for hydroxylation is 1. The molecule has 0 unspecified atom stereocenters. The number of alkyl halides is 1. The Hall–Kier alpha value is -1.03. The summed E-state index contributed by atoms with van der Waals surface area (Å²) in [5.41, 5.74) is 0.257. The normalized spacial score (nSPS) is 11.5. The van der Waals surface area contributed by atoms with Gasteiger partial charge in [-0.2, -0.15) is 0 Å². The van der Waals surface area contributed by atoms with Gasteiger partial charge in [0.1, 0.15) is 0 Å². The van der Waals surface area contributed by atoms with Gasteiger partial charge in [0.05, 0.1) is 5.69 Å². The highest BCUT2D eigenvalue weighted by Crippen LogP contribution is 2.12. The molecule has 0 spiro atoms. The molecule has 0 aliphatic heterocycles. The smallest absolute Gasteiger partial charge is 0.289 e. The maximum absolute atomic E-state index is 11.7. The van der Waals surface area contributed by atoms with E-state index in [4.69, 9.17) is 16.0 Å². The summed E-state index contributed by atoms with van der Waals surface area (Å²) in [6.07, 6.45) is 1.96. The number of rotatable bonds is 4. The minimum absolute atomic E-state index is 0.250. The van der Waals surface area contributed by atoms with Gasteiger partial charge in [-0.05, 0) is 27.2 Å². The second-order valence-corrected chi connectivity index (χ2v) is 4.42. The lowest BCUT2D eigenvalue weighted by molar-refractivity contribution is 0.0882. The first-order valence-electron chi connectivity index (χ1n) is 4.75. The number of aromatic nitrogens is 1. The molecule has 0 bridgehead atoms. The van der Waals surface area contributed by atoms with Crippen molar-refractivity contribution in [2.75, 3.05) is 5.88 Å². The number of amides is 1. The summed E-state index contributed by atoms with van der Waals surface area (Å²) < 4.78 is 4.99. The molecule has 0 saturated heterocycles. The second kappa shape index (κ2) is 4.66. The van der Waals surface area contributed by atoms with Crippen LogP contribution in [0, 0.1) is 6.92 Å². The quantitative estimate of drug-likeness (QED) is 0.807. The van der Waals surface area contributed by atoms with E-state index in [9.17, 15) is 4.79 Å². The fraction of sp³-hybridized carbons (Fsp3) is 0.600. The number of nitrogens with one attached hydrogen (secondary N) is 1. The molecule has 0 radical (unpaired) electrons. The van der Waals surface area contributed by atoms with Crippen molar-refractivity contribution >= 4 is 17.5 Å². The molecule has 0 atom stereocenters. The SMILES string of the molecule is Cc1ncoc1C(=O)NC(C)(C)CCCl. The van der Waals surface area contributed by atoms with Gasteiger partial charge in [-0.1, -0.05) is 0 Å². The van der Waals surface area contributed by atoms with Crippen LogP contribution in [0.5, 0.6) is 0 Å². The number of halogens is 1. The van der Waals surface area contributed by atoms with Crippen LogP contribution in [0.4, 0.5) is 0 Å². The minimum Gasteiger partial charge on any atom is -0.438 e. The number of carbonyl (C=O) groups excluding carboxylic acids is 1. The Kier molecular flexibility index (Phi) is 3.74. The van der Waals surface area contributed by atoms with Gasteiger partial charge in [-0.25, -0.2) is 4.98 Å². The van der Waals surface area contributed by atoms with E-state index in [0.717, 1.165) is 0 Å². The van der Waals surface area contributed by atoms with Crippen LogP contribution in [0.3, 0.4) is 0 Å². The minimum atomic E-state index is -0.335. The number of oxazole rings is 1. The Morgan fingerprint density at radius 1 is 1.67 bits per heavy atom. The van der Waals surface area contributed by atoms with Crippen molar-refractivity contribution in [1.82, 2.24) is 10.3 Å². The highest BCUT2D eigenvalue weighted by atomic mass is 35.5. The van der Waals surface area contributed by atoms with E-state index in [1.807, 2.05) is 13.8 Å². The molecule has 84 valence electrons. The maximum atomic E-state index is 11.7. The topological polar surface area (TPSA) is 55.1 Å². The van der Waals surface area contributed by atoms with Crippen molar-refractivity contribution in [2.24, 2.45) is 0 Å². The van der Waals surface area contributed by atoms with E-state index < -0.39 is 0 Å². The first-order valence-corrected chi connectivity index (χ1v) is 5.28. The fourth-order valence-corrected chi connectivity index (χ4v) is 1.66. The maximum Gasteiger partial charge on any atom is 0.289 e. The summed E-state index contributed by atoms with van der Waals surface area (Å²) in [7, 11) is 0. The molecule has 15 heavy (non-hydrogen) atoms. The molecule has 0 saturated carbocycles. The van der Waals surface area contributed by atoms with E-state index in [1.54, 1.807) is 6.92 Å². The number of hydrogen-bond acceptors (Lipinski definition) is 3. The third-order valence-electron chi connectivity index (χ3n) is 2.12. The summed E-state index contributed by atoms with van der Waals surface area (Å²) in [5.74, 6) is 0.514. The molecule has 1 heterocycles. The number of nitrogens with zero attached hydrogens (tertiary/aromatic N) is 1. The van der Waals surface area contributed by atoms with Crippen LogP contribution in [0.1, 0.15) is 36.5 Å². The zero-order valence-electron chi connectivity index (χ0n) is 9.13. The third-order valence-corrected chi connectivity index (χ3v) is 2.31. The van der Waals surface area contributed by atoms with Gasteiger partial charge in [0.25, 0.3) is 5.91 Å². The zero-order valence-corrected chi connectivity index (χ0v) is 9.89. The molecular formula is C10H15ClN2O2. The summed E-state index contributed by atoms with van der Waals surface area (Å²) in [6.45, 7) is 5.56. The lowest BCUT2D eigenvalue weighted by Crippen LogP contribution is -2.43. The lowest BCUT2D eigenvalue weighted by atomic mass is 10.0. The summed E-state index contributed by atoms with van der Waals surface area (Å²) in [6, 6.07) is 0. The van der Waals surface area contributed by atoms with Crippen molar-refractivity contribution in [3.8, 4) is 0 Å². The molecule has 5 heteroatoms. The molecule has 0 aliphatic carbocycles. The zero-order chi connectivity index (χ0) is 11.5. The Balaban J connectivity index is 2.68. The molecule has 1 N–H and O–H groups in total. The molecule has 0 aliphatic rings. The lowest BCUT2D eigenvalue weighted by Gasteiger charge is -2.24. The molecule has 1 rings (SSSR count). The summed E-state index contributed by atoms with van der Waals surface area (Å²) >= 11 is 5.64. The van der Waals surface area contributed by atoms with Crippen molar-refractivity contribution in [3.05, 3.63) is 17.8 Å². The van der Waals surface area contributed by atoms with E-state index in [-0.39, 0.29) is 17.2 Å². The van der Waals surface area contributed by atoms with Crippen molar-refractivity contribution in [1.29, 1.82) is 0 Å². The van der Waals surface area contributed by atoms with Gasteiger partial charge in [-0.15, -0.1) is 11.6 Å². The standard InChI is InChI=1S/C10H15ClN2O2/c1-7-8(15-6-12-7)9(14)13-10(2,3)4-5-11/h6H,4-5H2,1-3H3,(H,13,14). The van der Waals surface area contributed by atoms with Crippen LogP contribution >= 0.6 is 11.6 Å². The van der Waals surface area contributed by atoms with Crippen molar-refractivity contribution in [2.45, 2.75) is 32.7 Å². The molecular weight excluding hydrogens is 216 g/mol. The van der Waals surface area contributed by atoms with E-state index >= 15 is 0 Å². The predicted molar refractivity (Wildman–Crippen MR) is 58.1 cm³/mol. The first-order chi connectivity index (χ1) is 6.96. The Morgan fingerprint density at radius 3 is 2.80 bits per heavy atom. The van der Waals surface area contributed by atoms with Crippen molar-refractivity contribution < 1.29 is 9.21 Å². The third kappa shape index (κ3) is 3.23. The fourth-order valence-electron chi connectivity index (χ4n) is 1.18. The Morgan fingerprint density at radius 2 is 2.33 bits per heavy atom. The number of carbonyl (C=O) groups is 1. The van der Waals surface area contributed by atoms with Crippen LogP contribution in [-0.2, 0) is 0 Å². The molecule has 0 fully saturated rings. The van der Waals surface area contributed by atoms with Gasteiger partial charge >= 0.3 is 0 Å². The van der Waals surface area contributed by atoms with Gasteiger partial charge < -0.3 is 9.73 Å². The van der Waals surface area contributed by atoms with Gasteiger partial charge in [0.15, 0.2) is 6.39 Å². The molecule has 1 amide bonds.